The maximum absolute atomic E-state index is 12.4. The zero-order valence-electron chi connectivity index (χ0n) is 15.0. The number of ether oxygens (including phenoxy) is 2. The van der Waals surface area contributed by atoms with Crippen molar-refractivity contribution in [1.29, 1.82) is 0 Å². The van der Waals surface area contributed by atoms with Gasteiger partial charge in [0, 0.05) is 22.2 Å². The standard InChI is InChI=1S/C19H21IN2O5/c1-26-16-10-14(15(20)11-17(16)27-2)19(25)22-8-4-7-21-18(24)12-5-3-6-13(23)9-12/h3,5-6,9-11,23H,4,7-8H2,1-2H3,(H,21,24)(H,22,25). The molecule has 0 fully saturated rings. The van der Waals surface area contributed by atoms with Crippen LogP contribution in [0.25, 0.3) is 0 Å². The summed E-state index contributed by atoms with van der Waals surface area (Å²) in [6.45, 7) is 0.807. The zero-order valence-corrected chi connectivity index (χ0v) is 17.2. The van der Waals surface area contributed by atoms with Gasteiger partial charge in [0.05, 0.1) is 19.8 Å². The van der Waals surface area contributed by atoms with Crippen molar-refractivity contribution < 1.29 is 24.2 Å². The topological polar surface area (TPSA) is 96.9 Å². The zero-order chi connectivity index (χ0) is 19.8. The number of aromatic hydroxyl groups is 1. The lowest BCUT2D eigenvalue weighted by Crippen LogP contribution is -2.30. The Morgan fingerprint density at radius 2 is 1.63 bits per heavy atom. The van der Waals surface area contributed by atoms with Crippen LogP contribution in [0.1, 0.15) is 27.1 Å². The molecule has 0 spiro atoms. The summed E-state index contributed by atoms with van der Waals surface area (Å²) in [5, 5.41) is 15.0. The SMILES string of the molecule is COc1cc(I)c(C(=O)NCCCNC(=O)c2cccc(O)c2)cc1OC. The van der Waals surface area contributed by atoms with Crippen LogP contribution in [0.4, 0.5) is 0 Å². The summed E-state index contributed by atoms with van der Waals surface area (Å²) >= 11 is 2.07. The van der Waals surface area contributed by atoms with Gasteiger partial charge in [-0.05, 0) is 59.3 Å². The van der Waals surface area contributed by atoms with Crippen molar-refractivity contribution in [3.63, 3.8) is 0 Å². The van der Waals surface area contributed by atoms with E-state index in [1.54, 1.807) is 31.4 Å². The molecule has 3 N–H and O–H groups in total. The molecular weight excluding hydrogens is 463 g/mol. The molecule has 0 saturated carbocycles. The molecule has 27 heavy (non-hydrogen) atoms. The first-order chi connectivity index (χ1) is 13.0. The molecule has 0 aliphatic rings. The quantitative estimate of drug-likeness (QED) is 0.396. The van der Waals surface area contributed by atoms with Crippen molar-refractivity contribution in [2.45, 2.75) is 6.42 Å². The lowest BCUT2D eigenvalue weighted by atomic mass is 10.2. The van der Waals surface area contributed by atoms with E-state index < -0.39 is 0 Å². The third-order valence-corrected chi connectivity index (χ3v) is 4.64. The average Bonchev–Trinajstić information content (AvgIpc) is 2.67. The smallest absolute Gasteiger partial charge is 0.252 e. The first-order valence-electron chi connectivity index (χ1n) is 8.23. The normalized spacial score (nSPS) is 10.2. The second-order valence-electron chi connectivity index (χ2n) is 5.60. The van der Waals surface area contributed by atoms with Crippen LogP contribution >= 0.6 is 22.6 Å². The van der Waals surface area contributed by atoms with Gasteiger partial charge in [-0.1, -0.05) is 6.07 Å². The molecule has 2 rings (SSSR count). The van der Waals surface area contributed by atoms with Crippen molar-refractivity contribution in [3.05, 3.63) is 51.1 Å². The highest BCUT2D eigenvalue weighted by atomic mass is 127. The monoisotopic (exact) mass is 484 g/mol. The van der Waals surface area contributed by atoms with Crippen LogP contribution in [0, 0.1) is 3.57 Å². The van der Waals surface area contributed by atoms with Crippen LogP contribution in [-0.2, 0) is 0 Å². The van der Waals surface area contributed by atoms with Gasteiger partial charge in [0.25, 0.3) is 11.8 Å². The summed E-state index contributed by atoms with van der Waals surface area (Å²) < 4.78 is 11.2. The second-order valence-corrected chi connectivity index (χ2v) is 6.76. The predicted molar refractivity (Wildman–Crippen MR) is 110 cm³/mol. The average molecular weight is 484 g/mol. The number of hydrogen-bond acceptors (Lipinski definition) is 5. The number of halogens is 1. The van der Waals surface area contributed by atoms with E-state index in [-0.39, 0.29) is 17.6 Å². The Morgan fingerprint density at radius 3 is 2.26 bits per heavy atom. The number of carbonyl (C=O) groups is 2. The molecule has 2 aromatic carbocycles. The van der Waals surface area contributed by atoms with Gasteiger partial charge in [0.2, 0.25) is 0 Å². The molecule has 0 unspecified atom stereocenters. The number of phenols is 1. The second kappa shape index (κ2) is 10.0. The van der Waals surface area contributed by atoms with Crippen molar-refractivity contribution in [2.75, 3.05) is 27.3 Å². The van der Waals surface area contributed by atoms with Crippen molar-refractivity contribution in [3.8, 4) is 17.2 Å². The van der Waals surface area contributed by atoms with Gasteiger partial charge >= 0.3 is 0 Å². The van der Waals surface area contributed by atoms with Crippen LogP contribution in [0.3, 0.4) is 0 Å². The van der Waals surface area contributed by atoms with E-state index in [0.717, 1.165) is 3.57 Å². The molecule has 2 amide bonds. The Kier molecular flexibility index (Phi) is 7.71. The number of benzene rings is 2. The van der Waals surface area contributed by atoms with Crippen LogP contribution in [0.15, 0.2) is 36.4 Å². The van der Waals surface area contributed by atoms with Gasteiger partial charge in [0.1, 0.15) is 5.75 Å². The van der Waals surface area contributed by atoms with Crippen LogP contribution in [-0.4, -0.2) is 44.2 Å². The number of hydrogen-bond donors (Lipinski definition) is 3. The molecule has 0 radical (unpaired) electrons. The highest BCUT2D eigenvalue weighted by Crippen LogP contribution is 2.31. The number of carbonyl (C=O) groups excluding carboxylic acids is 2. The van der Waals surface area contributed by atoms with Crippen LogP contribution < -0.4 is 20.1 Å². The number of nitrogens with one attached hydrogen (secondary N) is 2. The minimum absolute atomic E-state index is 0.0411. The molecule has 0 aliphatic heterocycles. The fourth-order valence-corrected chi connectivity index (χ4v) is 3.05. The van der Waals surface area contributed by atoms with E-state index in [1.165, 1.54) is 19.2 Å². The highest BCUT2D eigenvalue weighted by Gasteiger charge is 2.15. The van der Waals surface area contributed by atoms with Gasteiger partial charge in [-0.2, -0.15) is 0 Å². The van der Waals surface area contributed by atoms with Crippen LogP contribution in [0.2, 0.25) is 0 Å². The molecule has 0 atom stereocenters. The highest BCUT2D eigenvalue weighted by molar-refractivity contribution is 14.1. The Labute approximate surface area is 171 Å². The minimum atomic E-state index is -0.272. The third kappa shape index (κ3) is 5.75. The predicted octanol–water partition coefficient (Wildman–Crippen LogP) is 2.56. The van der Waals surface area contributed by atoms with E-state index in [2.05, 4.69) is 33.2 Å². The summed E-state index contributed by atoms with van der Waals surface area (Å²) in [7, 11) is 3.06. The Morgan fingerprint density at radius 1 is 1.00 bits per heavy atom. The molecule has 0 bridgehead atoms. The number of rotatable bonds is 8. The molecule has 8 heteroatoms. The maximum Gasteiger partial charge on any atom is 0.252 e. The number of phenolic OH excluding ortho intramolecular Hbond substituents is 1. The molecular formula is C19H21IN2O5. The number of amides is 2. The van der Waals surface area contributed by atoms with Gasteiger partial charge in [-0.3, -0.25) is 9.59 Å². The summed E-state index contributed by atoms with van der Waals surface area (Å²) in [5.74, 6) is 0.598. The fourth-order valence-electron chi connectivity index (χ4n) is 2.36. The Bertz CT molecular complexity index is 826. The summed E-state index contributed by atoms with van der Waals surface area (Å²) in [6, 6.07) is 9.51. The van der Waals surface area contributed by atoms with E-state index in [9.17, 15) is 14.7 Å². The van der Waals surface area contributed by atoms with E-state index in [0.29, 0.717) is 42.1 Å². The Balaban J connectivity index is 1.82. The third-order valence-electron chi connectivity index (χ3n) is 3.75. The molecule has 0 aromatic heterocycles. The van der Waals surface area contributed by atoms with Gasteiger partial charge in [-0.15, -0.1) is 0 Å². The Hall–Kier alpha value is -2.49. The summed E-state index contributed by atoms with van der Waals surface area (Å²) in [6.07, 6.45) is 0.570. The molecule has 0 aliphatic carbocycles. The van der Waals surface area contributed by atoms with E-state index >= 15 is 0 Å². The molecule has 0 saturated heterocycles. The molecule has 144 valence electrons. The van der Waals surface area contributed by atoms with E-state index in [4.69, 9.17) is 9.47 Å². The van der Waals surface area contributed by atoms with E-state index in [1.807, 2.05) is 0 Å². The van der Waals surface area contributed by atoms with Gasteiger partial charge in [-0.25, -0.2) is 0 Å². The fraction of sp³-hybridized carbons (Fsp3) is 0.263. The largest absolute Gasteiger partial charge is 0.508 e. The van der Waals surface area contributed by atoms with Crippen molar-refractivity contribution in [2.24, 2.45) is 0 Å². The van der Waals surface area contributed by atoms with Gasteiger partial charge < -0.3 is 25.2 Å². The number of methoxy groups -OCH3 is 2. The summed E-state index contributed by atoms with van der Waals surface area (Å²) in [5.41, 5.74) is 0.885. The first-order valence-corrected chi connectivity index (χ1v) is 9.31. The summed E-state index contributed by atoms with van der Waals surface area (Å²) in [4.78, 5) is 24.3. The maximum atomic E-state index is 12.4. The minimum Gasteiger partial charge on any atom is -0.508 e. The molecule has 0 heterocycles. The molecule has 2 aromatic rings. The van der Waals surface area contributed by atoms with Crippen molar-refractivity contribution >= 4 is 34.4 Å². The van der Waals surface area contributed by atoms with Crippen molar-refractivity contribution in [1.82, 2.24) is 10.6 Å². The van der Waals surface area contributed by atoms with Crippen LogP contribution in [0.5, 0.6) is 17.2 Å². The lowest BCUT2D eigenvalue weighted by Gasteiger charge is -2.12. The molecule has 7 nitrogen and oxygen atoms in total. The first kappa shape index (κ1) is 20.8. The van der Waals surface area contributed by atoms with Gasteiger partial charge in [0.15, 0.2) is 11.5 Å². The lowest BCUT2D eigenvalue weighted by molar-refractivity contribution is 0.0950.